The third-order valence-corrected chi connectivity index (χ3v) is 1.47. The first-order chi connectivity index (χ1) is 5.77. The summed E-state index contributed by atoms with van der Waals surface area (Å²) in [5, 5.41) is 3.65. The maximum atomic E-state index is 4.99. The Morgan fingerprint density at radius 3 is 2.67 bits per heavy atom. The van der Waals surface area contributed by atoms with Crippen molar-refractivity contribution in [2.75, 3.05) is 0 Å². The van der Waals surface area contributed by atoms with Crippen molar-refractivity contribution in [3.8, 4) is 11.6 Å². The maximum absolute atomic E-state index is 4.99. The molecule has 0 aliphatic rings. The number of nitrogens with zero attached hydrogens (tertiary/aromatic N) is 3. The SMILES string of the molecule is Cc1noc(-c2ncoc2C)n1. The lowest BCUT2D eigenvalue weighted by molar-refractivity contribution is 0.423. The molecule has 2 rings (SSSR count). The molecule has 12 heavy (non-hydrogen) atoms. The van der Waals surface area contributed by atoms with Gasteiger partial charge in [-0.15, -0.1) is 0 Å². The first-order valence-corrected chi connectivity index (χ1v) is 3.48. The van der Waals surface area contributed by atoms with Crippen molar-refractivity contribution in [1.29, 1.82) is 0 Å². The average Bonchev–Trinajstić information content (AvgIpc) is 2.58. The Bertz CT molecular complexity index is 391. The van der Waals surface area contributed by atoms with E-state index in [9.17, 15) is 0 Å². The second-order valence-electron chi connectivity index (χ2n) is 2.40. The summed E-state index contributed by atoms with van der Waals surface area (Å²) in [5.74, 6) is 1.67. The molecular weight excluding hydrogens is 158 g/mol. The van der Waals surface area contributed by atoms with Gasteiger partial charge in [0, 0.05) is 0 Å². The van der Waals surface area contributed by atoms with Crippen LogP contribution in [-0.2, 0) is 0 Å². The van der Waals surface area contributed by atoms with Gasteiger partial charge in [-0.25, -0.2) is 4.98 Å². The fourth-order valence-electron chi connectivity index (χ4n) is 0.904. The molecule has 0 aromatic carbocycles. The highest BCUT2D eigenvalue weighted by molar-refractivity contribution is 5.48. The van der Waals surface area contributed by atoms with E-state index < -0.39 is 0 Å². The van der Waals surface area contributed by atoms with Crippen LogP contribution in [0.1, 0.15) is 11.6 Å². The van der Waals surface area contributed by atoms with E-state index in [-0.39, 0.29) is 0 Å². The molecule has 5 nitrogen and oxygen atoms in total. The molecular formula is C7H7N3O2. The van der Waals surface area contributed by atoms with Gasteiger partial charge >= 0.3 is 0 Å². The van der Waals surface area contributed by atoms with Gasteiger partial charge in [-0.3, -0.25) is 0 Å². The van der Waals surface area contributed by atoms with Gasteiger partial charge in [0.1, 0.15) is 5.76 Å². The minimum Gasteiger partial charge on any atom is -0.448 e. The van der Waals surface area contributed by atoms with Gasteiger partial charge in [-0.1, -0.05) is 5.16 Å². The van der Waals surface area contributed by atoms with E-state index in [1.54, 1.807) is 13.8 Å². The minimum atomic E-state index is 0.402. The topological polar surface area (TPSA) is 65.0 Å². The second kappa shape index (κ2) is 2.44. The highest BCUT2D eigenvalue weighted by Gasteiger charge is 2.12. The molecule has 0 aliphatic carbocycles. The number of aromatic nitrogens is 3. The highest BCUT2D eigenvalue weighted by atomic mass is 16.5. The largest absolute Gasteiger partial charge is 0.448 e. The summed E-state index contributed by atoms with van der Waals surface area (Å²) in [6.45, 7) is 3.55. The molecule has 0 saturated carbocycles. The molecule has 0 bridgehead atoms. The van der Waals surface area contributed by atoms with Crippen LogP contribution in [0, 0.1) is 13.8 Å². The molecule has 62 valence electrons. The molecule has 0 saturated heterocycles. The average molecular weight is 165 g/mol. The van der Waals surface area contributed by atoms with Gasteiger partial charge in [0.05, 0.1) is 0 Å². The Balaban J connectivity index is 2.50. The number of oxazole rings is 1. The predicted molar refractivity (Wildman–Crippen MR) is 39.3 cm³/mol. The fraction of sp³-hybridized carbons (Fsp3) is 0.286. The zero-order valence-corrected chi connectivity index (χ0v) is 6.74. The molecule has 0 radical (unpaired) electrons. The lowest BCUT2D eigenvalue weighted by Gasteiger charge is -1.84. The second-order valence-corrected chi connectivity index (χ2v) is 2.40. The molecule has 2 aromatic rings. The van der Waals surface area contributed by atoms with E-state index >= 15 is 0 Å². The number of rotatable bonds is 1. The molecule has 2 heterocycles. The van der Waals surface area contributed by atoms with E-state index in [0.717, 1.165) is 0 Å². The van der Waals surface area contributed by atoms with E-state index in [4.69, 9.17) is 8.94 Å². The van der Waals surface area contributed by atoms with E-state index in [1.165, 1.54) is 6.39 Å². The Labute approximate surface area is 68.4 Å². The smallest absolute Gasteiger partial charge is 0.280 e. The predicted octanol–water partition coefficient (Wildman–Crippen LogP) is 1.34. The maximum Gasteiger partial charge on any atom is 0.280 e. The molecule has 0 atom stereocenters. The van der Waals surface area contributed by atoms with Crippen molar-refractivity contribution >= 4 is 0 Å². The fourth-order valence-corrected chi connectivity index (χ4v) is 0.904. The Morgan fingerprint density at radius 2 is 2.17 bits per heavy atom. The van der Waals surface area contributed by atoms with Crippen LogP contribution in [0.2, 0.25) is 0 Å². The van der Waals surface area contributed by atoms with Crippen LogP contribution in [0.15, 0.2) is 15.3 Å². The Hall–Kier alpha value is -1.65. The van der Waals surface area contributed by atoms with Gasteiger partial charge < -0.3 is 8.94 Å². The molecule has 0 unspecified atom stereocenters. The molecule has 5 heteroatoms. The van der Waals surface area contributed by atoms with Gasteiger partial charge in [-0.05, 0) is 13.8 Å². The number of hydrogen-bond donors (Lipinski definition) is 0. The first-order valence-electron chi connectivity index (χ1n) is 3.48. The standard InChI is InChI=1S/C7H7N3O2/c1-4-6(8-3-11-4)7-9-5(2)10-12-7/h3H,1-2H3. The third-order valence-electron chi connectivity index (χ3n) is 1.47. The number of aryl methyl sites for hydroxylation is 2. The zero-order valence-electron chi connectivity index (χ0n) is 6.74. The molecule has 0 amide bonds. The Kier molecular flexibility index (Phi) is 1.43. The number of hydrogen-bond acceptors (Lipinski definition) is 5. The van der Waals surface area contributed by atoms with Crippen molar-refractivity contribution in [3.63, 3.8) is 0 Å². The van der Waals surface area contributed by atoms with Crippen LogP contribution < -0.4 is 0 Å². The van der Waals surface area contributed by atoms with Gasteiger partial charge in [0.2, 0.25) is 0 Å². The summed E-state index contributed by atoms with van der Waals surface area (Å²) >= 11 is 0. The summed E-state index contributed by atoms with van der Waals surface area (Å²) < 4.78 is 9.90. The summed E-state index contributed by atoms with van der Waals surface area (Å²) in [6.07, 6.45) is 1.35. The summed E-state index contributed by atoms with van der Waals surface area (Å²) in [4.78, 5) is 7.95. The van der Waals surface area contributed by atoms with Crippen molar-refractivity contribution in [1.82, 2.24) is 15.1 Å². The van der Waals surface area contributed by atoms with Crippen molar-refractivity contribution in [2.24, 2.45) is 0 Å². The van der Waals surface area contributed by atoms with Crippen molar-refractivity contribution < 1.29 is 8.94 Å². The quantitative estimate of drug-likeness (QED) is 0.637. The van der Waals surface area contributed by atoms with Crippen LogP contribution >= 0.6 is 0 Å². The van der Waals surface area contributed by atoms with Crippen LogP contribution in [-0.4, -0.2) is 15.1 Å². The molecule has 0 aliphatic heterocycles. The van der Waals surface area contributed by atoms with Gasteiger partial charge in [-0.2, -0.15) is 4.98 Å². The molecule has 0 N–H and O–H groups in total. The summed E-state index contributed by atoms with van der Waals surface area (Å²) in [7, 11) is 0. The zero-order chi connectivity index (χ0) is 8.55. The monoisotopic (exact) mass is 165 g/mol. The molecule has 0 fully saturated rings. The lowest BCUT2D eigenvalue weighted by atomic mass is 10.4. The van der Waals surface area contributed by atoms with E-state index in [2.05, 4.69) is 15.1 Å². The minimum absolute atomic E-state index is 0.402. The normalized spacial score (nSPS) is 10.5. The third kappa shape index (κ3) is 0.990. The highest BCUT2D eigenvalue weighted by Crippen LogP contribution is 2.18. The van der Waals surface area contributed by atoms with E-state index in [0.29, 0.717) is 23.2 Å². The summed E-state index contributed by atoms with van der Waals surface area (Å²) in [5.41, 5.74) is 0.607. The van der Waals surface area contributed by atoms with Crippen molar-refractivity contribution in [2.45, 2.75) is 13.8 Å². The van der Waals surface area contributed by atoms with Crippen LogP contribution in [0.5, 0.6) is 0 Å². The Morgan fingerprint density at radius 1 is 1.33 bits per heavy atom. The first kappa shape index (κ1) is 7.02. The lowest BCUT2D eigenvalue weighted by Crippen LogP contribution is -1.80. The van der Waals surface area contributed by atoms with Crippen LogP contribution in [0.4, 0.5) is 0 Å². The van der Waals surface area contributed by atoms with Gasteiger partial charge in [0.15, 0.2) is 17.9 Å². The summed E-state index contributed by atoms with van der Waals surface area (Å²) in [6, 6.07) is 0. The molecule has 0 spiro atoms. The van der Waals surface area contributed by atoms with E-state index in [1.807, 2.05) is 0 Å². The molecule has 2 aromatic heterocycles. The van der Waals surface area contributed by atoms with Crippen molar-refractivity contribution in [3.05, 3.63) is 18.0 Å². The van der Waals surface area contributed by atoms with Gasteiger partial charge in [0.25, 0.3) is 5.89 Å². The van der Waals surface area contributed by atoms with Crippen LogP contribution in [0.3, 0.4) is 0 Å². The van der Waals surface area contributed by atoms with Crippen LogP contribution in [0.25, 0.3) is 11.6 Å².